The van der Waals surface area contributed by atoms with E-state index in [-0.39, 0.29) is 31.1 Å². The number of hydrogen-bond donors (Lipinski definition) is 0. The van der Waals surface area contributed by atoms with E-state index in [9.17, 15) is 14.4 Å². The molecule has 0 heterocycles. The smallest absolute Gasteiger partial charge is 0.306 e. The number of esters is 3. The van der Waals surface area contributed by atoms with E-state index < -0.39 is 6.10 Å². The van der Waals surface area contributed by atoms with E-state index in [4.69, 9.17) is 14.2 Å². The highest BCUT2D eigenvalue weighted by Gasteiger charge is 2.19. The molecule has 464 valence electrons. The first-order valence-corrected chi connectivity index (χ1v) is 34.9. The molecule has 0 rings (SSSR count). The number of rotatable bonds is 64. The molecular formula is C74H132O6. The lowest BCUT2D eigenvalue weighted by Crippen LogP contribution is -2.30. The first-order valence-electron chi connectivity index (χ1n) is 34.9. The van der Waals surface area contributed by atoms with E-state index in [1.54, 1.807) is 0 Å². The zero-order valence-corrected chi connectivity index (χ0v) is 53.3. The Labute approximate surface area is 497 Å². The van der Waals surface area contributed by atoms with Crippen molar-refractivity contribution in [2.45, 2.75) is 367 Å². The van der Waals surface area contributed by atoms with Crippen LogP contribution in [0, 0.1) is 0 Å². The molecule has 0 aliphatic heterocycles. The molecule has 0 bridgehead atoms. The first kappa shape index (κ1) is 76.9. The molecule has 6 heteroatoms. The molecule has 0 radical (unpaired) electrons. The summed E-state index contributed by atoms with van der Waals surface area (Å²) in [6.07, 6.45) is 89.6. The molecule has 0 aromatic heterocycles. The Morgan fingerprint density at radius 2 is 0.512 bits per heavy atom. The average molecular weight is 1120 g/mol. The number of unbranched alkanes of at least 4 members (excludes halogenated alkanes) is 41. The molecule has 0 aromatic carbocycles. The number of ether oxygens (including phenoxy) is 3. The molecule has 0 N–H and O–H groups in total. The SMILES string of the molecule is CC/C=C\C/C=C\C/C=C\C/C=C\CCCCCCCCC(=O)OC(COC(=O)CCCCCCC/C=C\CCC)COC(=O)CCCCCCCCCCCCCCCCCCCCCCC/C=C\CCCCCCCCCC. The van der Waals surface area contributed by atoms with Crippen molar-refractivity contribution in [2.75, 3.05) is 13.2 Å². The van der Waals surface area contributed by atoms with Gasteiger partial charge in [-0.3, -0.25) is 14.4 Å². The van der Waals surface area contributed by atoms with E-state index in [0.717, 1.165) is 109 Å². The molecule has 80 heavy (non-hydrogen) atoms. The van der Waals surface area contributed by atoms with Crippen LogP contribution in [0.25, 0.3) is 0 Å². The quantitative estimate of drug-likeness (QED) is 0.0261. The van der Waals surface area contributed by atoms with Gasteiger partial charge in [0.1, 0.15) is 13.2 Å². The number of carbonyl (C=O) groups excluding carboxylic acids is 3. The van der Waals surface area contributed by atoms with Crippen molar-refractivity contribution in [1.29, 1.82) is 0 Å². The van der Waals surface area contributed by atoms with Crippen molar-refractivity contribution in [3.8, 4) is 0 Å². The molecule has 0 saturated heterocycles. The molecule has 1 atom stereocenters. The van der Waals surface area contributed by atoms with Gasteiger partial charge >= 0.3 is 17.9 Å². The molecule has 0 saturated carbocycles. The average Bonchev–Trinajstić information content (AvgIpc) is 3.46. The van der Waals surface area contributed by atoms with Crippen LogP contribution in [-0.2, 0) is 28.6 Å². The fourth-order valence-electron chi connectivity index (χ4n) is 10.2. The lowest BCUT2D eigenvalue weighted by molar-refractivity contribution is -0.167. The standard InChI is InChI=1S/C74H132O6/c1-4-7-10-13-16-19-22-24-26-28-30-31-32-33-34-35-36-37-38-39-40-41-42-43-45-46-48-50-52-55-58-61-64-67-73(76)79-70-71(69-78-72(75)66-63-60-57-54-21-18-15-12-9-6-3)80-74(77)68-65-62-59-56-53-51-49-47-44-29-27-25-23-20-17-14-11-8-5-2/h8,11-12,15,17,20,25,27-28,30,44,47,71H,4-7,9-10,13-14,16,18-19,21-24,26,29,31-43,45-46,48-70H2,1-3H3/b11-8-,15-12-,20-17-,27-25-,30-28-,47-44-. The highest BCUT2D eigenvalue weighted by Crippen LogP contribution is 2.18. The number of carbonyl (C=O) groups is 3. The minimum Gasteiger partial charge on any atom is -0.462 e. The van der Waals surface area contributed by atoms with Crippen LogP contribution in [0.15, 0.2) is 72.9 Å². The van der Waals surface area contributed by atoms with Gasteiger partial charge in [-0.25, -0.2) is 0 Å². The van der Waals surface area contributed by atoms with Gasteiger partial charge in [0.05, 0.1) is 0 Å². The summed E-state index contributed by atoms with van der Waals surface area (Å²) in [5.41, 5.74) is 0. The third kappa shape index (κ3) is 65.7. The van der Waals surface area contributed by atoms with E-state index in [1.165, 1.54) is 212 Å². The molecule has 0 aliphatic rings. The number of allylic oxidation sites excluding steroid dienone is 12. The van der Waals surface area contributed by atoms with E-state index >= 15 is 0 Å². The molecule has 0 amide bonds. The van der Waals surface area contributed by atoms with Crippen molar-refractivity contribution in [3.63, 3.8) is 0 Å². The Morgan fingerprint density at radius 1 is 0.263 bits per heavy atom. The Morgan fingerprint density at radius 3 is 0.825 bits per heavy atom. The number of hydrogen-bond acceptors (Lipinski definition) is 6. The van der Waals surface area contributed by atoms with Crippen molar-refractivity contribution in [3.05, 3.63) is 72.9 Å². The topological polar surface area (TPSA) is 78.9 Å². The van der Waals surface area contributed by atoms with Gasteiger partial charge in [-0.15, -0.1) is 0 Å². The maximum atomic E-state index is 12.9. The van der Waals surface area contributed by atoms with Crippen molar-refractivity contribution >= 4 is 17.9 Å². The summed E-state index contributed by atoms with van der Waals surface area (Å²) < 4.78 is 16.9. The summed E-state index contributed by atoms with van der Waals surface area (Å²) in [5, 5.41) is 0. The largest absolute Gasteiger partial charge is 0.462 e. The van der Waals surface area contributed by atoms with E-state index in [1.807, 2.05) is 0 Å². The van der Waals surface area contributed by atoms with Gasteiger partial charge < -0.3 is 14.2 Å². The molecular weight excluding hydrogens is 985 g/mol. The van der Waals surface area contributed by atoms with Gasteiger partial charge in [-0.2, -0.15) is 0 Å². The van der Waals surface area contributed by atoms with E-state index in [0.29, 0.717) is 19.3 Å². The second-order valence-corrected chi connectivity index (χ2v) is 23.4. The van der Waals surface area contributed by atoms with Crippen LogP contribution in [0.5, 0.6) is 0 Å². The summed E-state index contributed by atoms with van der Waals surface area (Å²) >= 11 is 0. The van der Waals surface area contributed by atoms with Gasteiger partial charge in [0.15, 0.2) is 6.10 Å². The van der Waals surface area contributed by atoms with Gasteiger partial charge in [0.2, 0.25) is 0 Å². The fourth-order valence-corrected chi connectivity index (χ4v) is 10.2. The van der Waals surface area contributed by atoms with E-state index in [2.05, 4.69) is 93.7 Å². The minimum absolute atomic E-state index is 0.0812. The summed E-state index contributed by atoms with van der Waals surface area (Å²) in [6, 6.07) is 0. The maximum absolute atomic E-state index is 12.9. The summed E-state index contributed by atoms with van der Waals surface area (Å²) in [7, 11) is 0. The van der Waals surface area contributed by atoms with Crippen LogP contribution in [0.4, 0.5) is 0 Å². The summed E-state index contributed by atoms with van der Waals surface area (Å²) in [6.45, 7) is 6.49. The van der Waals surface area contributed by atoms with Crippen molar-refractivity contribution < 1.29 is 28.6 Å². The van der Waals surface area contributed by atoms with Crippen molar-refractivity contribution in [2.24, 2.45) is 0 Å². The van der Waals surface area contributed by atoms with Crippen LogP contribution in [-0.4, -0.2) is 37.2 Å². The summed E-state index contributed by atoms with van der Waals surface area (Å²) in [5.74, 6) is -0.891. The highest BCUT2D eigenvalue weighted by molar-refractivity contribution is 5.71. The molecule has 0 aliphatic carbocycles. The zero-order chi connectivity index (χ0) is 57.8. The normalized spacial score (nSPS) is 12.5. The maximum Gasteiger partial charge on any atom is 0.306 e. The third-order valence-corrected chi connectivity index (χ3v) is 15.4. The molecule has 0 fully saturated rings. The second kappa shape index (κ2) is 68.3. The molecule has 0 spiro atoms. The van der Waals surface area contributed by atoms with Crippen molar-refractivity contribution in [1.82, 2.24) is 0 Å². The van der Waals surface area contributed by atoms with Crippen LogP contribution < -0.4 is 0 Å². The van der Waals surface area contributed by atoms with Gasteiger partial charge in [-0.05, 0) is 103 Å². The van der Waals surface area contributed by atoms with Crippen LogP contribution in [0.3, 0.4) is 0 Å². The molecule has 6 nitrogen and oxygen atoms in total. The monoisotopic (exact) mass is 1120 g/mol. The second-order valence-electron chi connectivity index (χ2n) is 23.4. The highest BCUT2D eigenvalue weighted by atomic mass is 16.6. The van der Waals surface area contributed by atoms with Crippen LogP contribution >= 0.6 is 0 Å². The third-order valence-electron chi connectivity index (χ3n) is 15.4. The predicted octanol–water partition coefficient (Wildman–Crippen LogP) is 24.1. The van der Waals surface area contributed by atoms with Crippen LogP contribution in [0.2, 0.25) is 0 Å². The van der Waals surface area contributed by atoms with Crippen LogP contribution in [0.1, 0.15) is 361 Å². The first-order chi connectivity index (χ1) is 39.5. The lowest BCUT2D eigenvalue weighted by Gasteiger charge is -2.18. The Bertz CT molecular complexity index is 1470. The Balaban J connectivity index is 4.09. The minimum atomic E-state index is -0.786. The zero-order valence-electron chi connectivity index (χ0n) is 53.3. The predicted molar refractivity (Wildman–Crippen MR) is 348 cm³/mol. The summed E-state index contributed by atoms with van der Waals surface area (Å²) in [4.78, 5) is 38.3. The molecule has 1 unspecified atom stereocenters. The van der Waals surface area contributed by atoms with Gasteiger partial charge in [0.25, 0.3) is 0 Å². The molecule has 0 aromatic rings. The lowest BCUT2D eigenvalue weighted by atomic mass is 10.0. The fraction of sp³-hybridized carbons (Fsp3) is 0.797. The Kier molecular flexibility index (Phi) is 65.7. The van der Waals surface area contributed by atoms with Gasteiger partial charge in [0, 0.05) is 19.3 Å². The Hall–Kier alpha value is -3.15. The van der Waals surface area contributed by atoms with Gasteiger partial charge in [-0.1, -0.05) is 312 Å².